The smallest absolute Gasteiger partial charge is 0.239 e. The van der Waals surface area contributed by atoms with Crippen LogP contribution in [-0.2, 0) is 9.59 Å². The van der Waals surface area contributed by atoms with Crippen molar-refractivity contribution in [3.05, 3.63) is 0 Å². The fraction of sp³-hybridized carbons (Fsp3) is 0.818. The van der Waals surface area contributed by atoms with Crippen LogP contribution >= 0.6 is 12.4 Å². The van der Waals surface area contributed by atoms with E-state index in [1.807, 2.05) is 0 Å². The molecule has 0 bridgehead atoms. The van der Waals surface area contributed by atoms with Gasteiger partial charge in [0.15, 0.2) is 0 Å². The summed E-state index contributed by atoms with van der Waals surface area (Å²) in [5.41, 5.74) is 5.38. The maximum absolute atomic E-state index is 11.7. The van der Waals surface area contributed by atoms with Gasteiger partial charge >= 0.3 is 0 Å². The number of hydrogen-bond acceptors (Lipinski definition) is 3. The number of rotatable bonds is 6. The van der Waals surface area contributed by atoms with E-state index < -0.39 is 0 Å². The molecule has 0 spiro atoms. The van der Waals surface area contributed by atoms with E-state index in [-0.39, 0.29) is 30.8 Å². The Morgan fingerprint density at radius 1 is 1.29 bits per heavy atom. The minimum atomic E-state index is -0.0530. The topological polar surface area (TPSA) is 75.4 Å². The lowest BCUT2D eigenvalue weighted by Gasteiger charge is -2.26. The molecule has 2 amide bonds. The van der Waals surface area contributed by atoms with E-state index in [4.69, 9.17) is 5.73 Å². The van der Waals surface area contributed by atoms with Crippen LogP contribution in [0, 0.1) is 0 Å². The van der Waals surface area contributed by atoms with Crippen molar-refractivity contribution < 1.29 is 9.59 Å². The number of unbranched alkanes of at least 4 members (excludes halogenated alkanes) is 3. The molecule has 0 unspecified atom stereocenters. The number of nitrogens with zero attached hydrogens (tertiary/aromatic N) is 1. The zero-order valence-corrected chi connectivity index (χ0v) is 10.9. The third-order valence-electron chi connectivity index (χ3n) is 2.74. The highest BCUT2D eigenvalue weighted by Crippen LogP contribution is 2.06. The number of amides is 2. The van der Waals surface area contributed by atoms with E-state index in [1.54, 1.807) is 4.90 Å². The van der Waals surface area contributed by atoms with Gasteiger partial charge in [0.25, 0.3) is 0 Å². The zero-order chi connectivity index (χ0) is 11.8. The SMILES string of the molecule is Cl.NCCCCCCC(=O)N1CCNC(=O)C1. The van der Waals surface area contributed by atoms with Crippen molar-refractivity contribution >= 4 is 24.2 Å². The standard InChI is InChI=1S/C11H21N3O2.ClH/c12-6-4-2-1-3-5-11(16)14-8-7-13-10(15)9-14;/h1-9,12H2,(H,13,15);1H. The summed E-state index contributed by atoms with van der Waals surface area (Å²) in [6.07, 6.45) is 4.61. The molecule has 100 valence electrons. The Hall–Kier alpha value is -0.810. The Morgan fingerprint density at radius 3 is 2.65 bits per heavy atom. The molecule has 5 nitrogen and oxygen atoms in total. The second kappa shape index (κ2) is 9.24. The summed E-state index contributed by atoms with van der Waals surface area (Å²) in [4.78, 5) is 24.4. The average Bonchev–Trinajstić information content (AvgIpc) is 2.28. The molecule has 1 aliphatic rings. The van der Waals surface area contributed by atoms with Crippen molar-refractivity contribution in [3.8, 4) is 0 Å². The number of piperazine rings is 1. The van der Waals surface area contributed by atoms with Crippen LogP contribution in [0.1, 0.15) is 32.1 Å². The molecule has 1 rings (SSSR count). The molecular formula is C11H22ClN3O2. The average molecular weight is 264 g/mol. The molecule has 3 N–H and O–H groups in total. The first-order chi connectivity index (χ1) is 7.74. The fourth-order valence-electron chi connectivity index (χ4n) is 1.78. The molecule has 0 radical (unpaired) electrons. The summed E-state index contributed by atoms with van der Waals surface area (Å²) >= 11 is 0. The van der Waals surface area contributed by atoms with Gasteiger partial charge in [-0.05, 0) is 19.4 Å². The molecular weight excluding hydrogens is 242 g/mol. The maximum atomic E-state index is 11.7. The van der Waals surface area contributed by atoms with E-state index >= 15 is 0 Å². The first-order valence-corrected chi connectivity index (χ1v) is 5.98. The molecule has 0 aromatic rings. The number of carbonyl (C=O) groups is 2. The molecule has 1 heterocycles. The van der Waals surface area contributed by atoms with E-state index in [2.05, 4.69) is 5.32 Å². The van der Waals surface area contributed by atoms with Crippen molar-refractivity contribution in [3.63, 3.8) is 0 Å². The van der Waals surface area contributed by atoms with Crippen LogP contribution in [0.5, 0.6) is 0 Å². The molecule has 0 saturated carbocycles. The lowest BCUT2D eigenvalue weighted by atomic mass is 10.1. The van der Waals surface area contributed by atoms with E-state index in [0.717, 1.165) is 32.2 Å². The summed E-state index contributed by atoms with van der Waals surface area (Å²) in [5.74, 6) is 0.0466. The predicted molar refractivity (Wildman–Crippen MR) is 69.0 cm³/mol. The first-order valence-electron chi connectivity index (χ1n) is 5.98. The van der Waals surface area contributed by atoms with Crippen LogP contribution in [0.2, 0.25) is 0 Å². The van der Waals surface area contributed by atoms with Crippen LogP contribution in [-0.4, -0.2) is 42.9 Å². The molecule has 0 aliphatic carbocycles. The van der Waals surface area contributed by atoms with Gasteiger partial charge in [-0.25, -0.2) is 0 Å². The van der Waals surface area contributed by atoms with Gasteiger partial charge in [0.1, 0.15) is 0 Å². The van der Waals surface area contributed by atoms with Crippen molar-refractivity contribution in [2.24, 2.45) is 5.73 Å². The fourth-order valence-corrected chi connectivity index (χ4v) is 1.78. The number of nitrogens with one attached hydrogen (secondary N) is 1. The van der Waals surface area contributed by atoms with Crippen LogP contribution in [0.3, 0.4) is 0 Å². The zero-order valence-electron chi connectivity index (χ0n) is 10.1. The number of carbonyl (C=O) groups excluding carboxylic acids is 2. The molecule has 6 heteroatoms. The van der Waals surface area contributed by atoms with E-state index in [9.17, 15) is 9.59 Å². The summed E-state index contributed by atoms with van der Waals surface area (Å²) in [7, 11) is 0. The molecule has 0 atom stereocenters. The third kappa shape index (κ3) is 6.48. The number of hydrogen-bond donors (Lipinski definition) is 2. The van der Waals surface area contributed by atoms with Gasteiger partial charge in [-0.2, -0.15) is 0 Å². The predicted octanol–water partition coefficient (Wildman–Crippen LogP) is 0.276. The molecule has 17 heavy (non-hydrogen) atoms. The molecule has 1 saturated heterocycles. The van der Waals surface area contributed by atoms with Gasteiger partial charge in [-0.1, -0.05) is 12.8 Å². The quantitative estimate of drug-likeness (QED) is 0.676. The minimum absolute atomic E-state index is 0. The van der Waals surface area contributed by atoms with Gasteiger partial charge in [0, 0.05) is 19.5 Å². The monoisotopic (exact) mass is 263 g/mol. The van der Waals surface area contributed by atoms with Crippen molar-refractivity contribution in [1.29, 1.82) is 0 Å². The second-order valence-electron chi connectivity index (χ2n) is 4.12. The van der Waals surface area contributed by atoms with Crippen LogP contribution in [0.4, 0.5) is 0 Å². The Labute approximate surface area is 109 Å². The second-order valence-corrected chi connectivity index (χ2v) is 4.12. The minimum Gasteiger partial charge on any atom is -0.353 e. The molecule has 0 aromatic heterocycles. The van der Waals surface area contributed by atoms with Crippen LogP contribution in [0.15, 0.2) is 0 Å². The highest BCUT2D eigenvalue weighted by Gasteiger charge is 2.20. The molecule has 1 aliphatic heterocycles. The first kappa shape index (κ1) is 16.2. The lowest BCUT2D eigenvalue weighted by molar-refractivity contribution is -0.138. The Kier molecular flexibility index (Phi) is 8.80. The van der Waals surface area contributed by atoms with E-state index in [0.29, 0.717) is 19.5 Å². The summed E-state index contributed by atoms with van der Waals surface area (Å²) in [6.45, 7) is 2.17. The number of halogens is 1. The van der Waals surface area contributed by atoms with Gasteiger partial charge in [-0.15, -0.1) is 12.4 Å². The molecule has 0 aromatic carbocycles. The lowest BCUT2D eigenvalue weighted by Crippen LogP contribution is -2.49. The van der Waals surface area contributed by atoms with E-state index in [1.165, 1.54) is 0 Å². The Balaban J connectivity index is 0.00000256. The van der Waals surface area contributed by atoms with Gasteiger partial charge in [-0.3, -0.25) is 9.59 Å². The normalized spacial score (nSPS) is 15.1. The van der Waals surface area contributed by atoms with Crippen molar-refractivity contribution in [2.75, 3.05) is 26.2 Å². The highest BCUT2D eigenvalue weighted by atomic mass is 35.5. The highest BCUT2D eigenvalue weighted by molar-refractivity contribution is 5.86. The van der Waals surface area contributed by atoms with Gasteiger partial charge in [0.2, 0.25) is 11.8 Å². The van der Waals surface area contributed by atoms with Gasteiger partial charge < -0.3 is 16.0 Å². The van der Waals surface area contributed by atoms with Crippen LogP contribution < -0.4 is 11.1 Å². The Morgan fingerprint density at radius 2 is 2.00 bits per heavy atom. The summed E-state index contributed by atoms with van der Waals surface area (Å²) < 4.78 is 0. The summed E-state index contributed by atoms with van der Waals surface area (Å²) in [5, 5.41) is 2.70. The van der Waals surface area contributed by atoms with Crippen molar-refractivity contribution in [1.82, 2.24) is 10.2 Å². The Bertz CT molecular complexity index is 249. The summed E-state index contributed by atoms with van der Waals surface area (Å²) in [6, 6.07) is 0. The number of nitrogens with two attached hydrogens (primary N) is 1. The maximum Gasteiger partial charge on any atom is 0.239 e. The molecule has 1 fully saturated rings. The van der Waals surface area contributed by atoms with Crippen molar-refractivity contribution in [2.45, 2.75) is 32.1 Å². The van der Waals surface area contributed by atoms with Gasteiger partial charge in [0.05, 0.1) is 6.54 Å². The largest absolute Gasteiger partial charge is 0.353 e. The van der Waals surface area contributed by atoms with Crippen LogP contribution in [0.25, 0.3) is 0 Å². The third-order valence-corrected chi connectivity index (χ3v) is 2.74.